The summed E-state index contributed by atoms with van der Waals surface area (Å²) in [4.78, 5) is 46.3. The Balaban J connectivity index is 0.000000255. The molecule has 0 N–H and O–H groups in total. The fourth-order valence-electron chi connectivity index (χ4n) is 13.8. The summed E-state index contributed by atoms with van der Waals surface area (Å²) < 4.78 is 6.54. The third kappa shape index (κ3) is 31.8. The number of hydrogen-bond donors (Lipinski definition) is 0. The Morgan fingerprint density at radius 1 is 0.274 bits per heavy atom. The summed E-state index contributed by atoms with van der Waals surface area (Å²) in [5.74, 6) is -1.21. The monoisotopic (exact) mass is 2060 g/mol. The zero-order chi connectivity index (χ0) is 97.0. The fourth-order valence-corrected chi connectivity index (χ4v) is 15.0. The van der Waals surface area contributed by atoms with E-state index >= 15 is 0 Å². The van der Waals surface area contributed by atoms with E-state index in [4.69, 9.17) is 0 Å². The number of benzene rings is 6. The number of rotatable bonds is 13. The predicted octanol–water partition coefficient (Wildman–Crippen LogP) is 11.3. The van der Waals surface area contributed by atoms with Crippen molar-refractivity contribution in [3.63, 3.8) is 0 Å². The summed E-state index contributed by atoms with van der Waals surface area (Å²) in [6.07, 6.45) is 16.8. The van der Waals surface area contributed by atoms with Crippen molar-refractivity contribution in [2.45, 2.75) is 62.3 Å². The third-order valence-electron chi connectivity index (χ3n) is 20.0. The van der Waals surface area contributed by atoms with Gasteiger partial charge in [-0.2, -0.15) is 40.8 Å². The largest absolute Gasteiger partial charge is 3.00 e. The minimum Gasteiger partial charge on any atom is -0.872 e. The van der Waals surface area contributed by atoms with Gasteiger partial charge in [-0.05, 0) is 170 Å². The molecule has 0 aliphatic carbocycles. The van der Waals surface area contributed by atoms with Crippen LogP contribution in [0.1, 0.15) is 51.1 Å². The van der Waals surface area contributed by atoms with Crippen molar-refractivity contribution >= 4 is 150 Å². The quantitative estimate of drug-likeness (QED) is 0.0967. The molecule has 33 nitrogen and oxygen atoms in total. The minimum absolute atomic E-state index is 0. The van der Waals surface area contributed by atoms with Crippen molar-refractivity contribution in [2.24, 2.45) is 0 Å². The number of aryl methyl sites for hydroxylation is 9. The Labute approximate surface area is 931 Å². The SMILES string of the molecule is Cc1cc(C)n(-c2c(-c3ccccc3)sc(-c3ccccc3)c2[O-])n1.Cc1cc(C)n(-c2ccccc2[O-])n1.Cc1cc(C)n(-c2cnccc2[O-])n1.Cc1cc(C)n(-c2ncnnc2[O-])n1.Cc1ccc([O-])c(-c2cnccn2)c1.[Al+3].[Al+3].[Al+3].[Al+3].[Al+3].[Al+3].[Al+3].[Al+3].[O-]c1ncnc(-c2ccccc2)c1-c1ccccn1.[O-]c1nnc(-c2ccccc2)cc1-c1ccccn1.[O-]c1nnc(-c2ccccn2)nc1-c1ccccn1. The van der Waals surface area contributed by atoms with E-state index in [-0.39, 0.29) is 185 Å². The molecule has 0 radical (unpaired) electrons. The van der Waals surface area contributed by atoms with E-state index in [1.807, 2.05) is 238 Å². The van der Waals surface area contributed by atoms with E-state index in [9.17, 15) is 40.9 Å². The van der Waals surface area contributed by atoms with Crippen LogP contribution in [0.5, 0.6) is 46.5 Å². The second-order valence-corrected chi connectivity index (χ2v) is 31.3. The predicted molar refractivity (Wildman–Crippen MR) is 554 cm³/mol. The first-order valence-electron chi connectivity index (χ1n) is 42.6. The first-order valence-corrected chi connectivity index (χ1v) is 43.4. The maximum Gasteiger partial charge on any atom is 3.00 e. The standard InChI is InChI=1S/C21H18N2OS.2C15H11N3O.C13H9N5O.C11H12N2O.C11H10N2O.C10H11N3O.C8H9N5O.8Al/c1-14-13-15(2)23(22-14)18-19(24)21(17-11-7-4-8-12-17)25-20(18)16-9-5-3-6-10-16;19-15-12(13-8-4-5-9-16-13)10-14(17-18-15)11-6-2-1-3-7-11;19-15-13(12-8-4-5-9-16-12)14(17-10-18-15)11-6-2-1-3-7-11;19-13-11(9-5-1-3-7-14-9)16-12(17-18-13)10-6-2-4-8-15-10;1-8-7-9(2)13(12-8)10-5-3-4-6-11(10)14;1-8-2-3-11(14)9(6-8)10-7-12-4-5-13-10;1-7-5-8(2)13(12-7)9-6-11-4-3-10(9)14;1-5-3-6(2)13(12-5)7-8(14)11-10-4-9-7;;;;;;;;/h3-13,24H,1-2H3;1-10H,(H,18,19);1-10H,(H,17,18,19);1-8H,(H,18,19);3-7,14H,1-2H3;2-7,14H,1H3;3-6H,1-2H3,(H,11,14);3-4H,1-2H3,(H,11,14);;;;;;;;/q;;;;;;;;8*+3/p-8. The number of pyridine rings is 5. The molecule has 0 saturated heterocycles. The second-order valence-electron chi connectivity index (χ2n) is 30.2. The fraction of sp³-hybridized carbons (Fsp3) is 0.0865. The number of thiophene rings is 1. The summed E-state index contributed by atoms with van der Waals surface area (Å²) >= 11 is 1.53. The van der Waals surface area contributed by atoms with Crippen LogP contribution in [-0.4, -0.2) is 263 Å². The Kier molecular flexibility index (Phi) is 48.7. The van der Waals surface area contributed by atoms with Gasteiger partial charge in [0.1, 0.15) is 24.0 Å². The van der Waals surface area contributed by atoms with Crippen LogP contribution < -0.4 is 40.9 Å². The van der Waals surface area contributed by atoms with Crippen molar-refractivity contribution in [2.75, 3.05) is 0 Å². The van der Waals surface area contributed by atoms with Gasteiger partial charge in [0.2, 0.25) is 5.82 Å². The average molecular weight is 2060 g/mol. The number of nitrogens with zero attached hydrogens (tertiary/aromatic N) is 25. The van der Waals surface area contributed by atoms with Crippen LogP contribution in [0.4, 0.5) is 0 Å². The Bertz CT molecular complexity index is 7260. The Morgan fingerprint density at radius 2 is 0.740 bits per heavy atom. The van der Waals surface area contributed by atoms with Crippen LogP contribution >= 0.6 is 11.3 Å². The van der Waals surface area contributed by atoms with Crippen LogP contribution in [0.25, 0.3) is 123 Å². The van der Waals surface area contributed by atoms with Gasteiger partial charge in [-0.25, -0.2) is 33.7 Å². The van der Waals surface area contributed by atoms with Gasteiger partial charge in [0, 0.05) is 111 Å². The maximum absolute atomic E-state index is 13.3. The van der Waals surface area contributed by atoms with E-state index in [1.54, 1.807) is 148 Å². The molecule has 6 aromatic carbocycles. The summed E-state index contributed by atoms with van der Waals surface area (Å²) in [6.45, 7) is 17.2. The first-order chi connectivity index (χ1) is 67.0. The van der Waals surface area contributed by atoms with Crippen molar-refractivity contribution < 1.29 is 40.9 Å². The molecule has 21 rings (SSSR count). The molecule has 0 atom stereocenters. The van der Waals surface area contributed by atoms with Crippen molar-refractivity contribution in [3.8, 4) is 169 Å². The van der Waals surface area contributed by atoms with Gasteiger partial charge in [0.05, 0.1) is 97.2 Å². The Hall–Kier alpha value is -14.5. The van der Waals surface area contributed by atoms with Gasteiger partial charge in [-0.3, -0.25) is 39.9 Å². The summed E-state index contributed by atoms with van der Waals surface area (Å²) in [7, 11) is 0. The molecule has 686 valence electrons. The zero-order valence-electron chi connectivity index (χ0n) is 80.3. The molecule has 0 saturated carbocycles. The molecule has 146 heavy (non-hydrogen) atoms. The van der Waals surface area contributed by atoms with Gasteiger partial charge >= 0.3 is 139 Å². The smallest absolute Gasteiger partial charge is 0.872 e. The first kappa shape index (κ1) is 120. The van der Waals surface area contributed by atoms with Crippen molar-refractivity contribution in [1.82, 2.24) is 125 Å². The van der Waals surface area contributed by atoms with E-state index in [0.717, 1.165) is 83.1 Å². The topological polar surface area (TPSA) is 475 Å². The summed E-state index contributed by atoms with van der Waals surface area (Å²) in [5, 5.41) is 133. The number of aromatic nitrogens is 25. The van der Waals surface area contributed by atoms with E-state index in [2.05, 4.69) is 106 Å². The third-order valence-corrected chi connectivity index (χ3v) is 21.3. The van der Waals surface area contributed by atoms with Crippen molar-refractivity contribution in [3.05, 3.63) is 393 Å². The molecule has 0 unspecified atom stereocenters. The zero-order valence-corrected chi connectivity index (χ0v) is 90.4. The maximum atomic E-state index is 13.3. The van der Waals surface area contributed by atoms with Crippen LogP contribution in [-0.2, 0) is 0 Å². The van der Waals surface area contributed by atoms with Crippen LogP contribution in [0.2, 0.25) is 0 Å². The van der Waals surface area contributed by atoms with Crippen LogP contribution in [0.3, 0.4) is 0 Å². The van der Waals surface area contributed by atoms with Gasteiger partial charge < -0.3 is 40.9 Å². The normalized spacial score (nSPS) is 9.87. The Morgan fingerprint density at radius 3 is 1.25 bits per heavy atom. The molecule has 0 bridgehead atoms. The van der Waals surface area contributed by atoms with Gasteiger partial charge in [-0.1, -0.05) is 211 Å². The molecular weight excluding hydrogens is 1980 g/mol. The van der Waals surface area contributed by atoms with Gasteiger partial charge in [0.25, 0.3) is 0 Å². The van der Waals surface area contributed by atoms with Gasteiger partial charge in [0.15, 0.2) is 5.82 Å². The molecule has 15 heterocycles. The summed E-state index contributed by atoms with van der Waals surface area (Å²) in [5.41, 5.74) is 19.7. The molecule has 21 aromatic rings. The average Bonchev–Trinajstić information content (AvgIpc) is 1.60. The molecule has 0 aliphatic heterocycles. The van der Waals surface area contributed by atoms with Gasteiger partial charge in [-0.15, -0.1) is 21.5 Å². The van der Waals surface area contributed by atoms with E-state index in [1.165, 1.54) is 47.1 Å². The molecule has 0 fully saturated rings. The molecule has 0 spiro atoms. The van der Waals surface area contributed by atoms with E-state index < -0.39 is 11.8 Å². The second kappa shape index (κ2) is 59.1. The molecule has 42 heteroatoms. The van der Waals surface area contributed by atoms with Crippen LogP contribution in [0.15, 0.2) is 341 Å². The van der Waals surface area contributed by atoms with Crippen LogP contribution in [0, 0.1) is 62.3 Å². The van der Waals surface area contributed by atoms with Crippen molar-refractivity contribution in [1.29, 1.82) is 0 Å². The molecular formula is C104H83Al8N25O8S+16. The minimum atomic E-state index is -0.501. The number of hydrogen-bond acceptors (Lipinski definition) is 30. The summed E-state index contributed by atoms with van der Waals surface area (Å²) in [6, 6.07) is 83.5. The number of para-hydroxylation sites is 2. The molecule has 15 aromatic heterocycles. The molecule has 0 amide bonds. The molecule has 0 aliphatic rings. The van der Waals surface area contributed by atoms with E-state index in [0.29, 0.717) is 79.4 Å².